The number of carbonyl (C=O) groups is 2. The molecule has 2 N–H and O–H groups in total. The molecule has 0 fully saturated rings. The average Bonchev–Trinajstić information content (AvgIpc) is 3.38. The molecule has 0 aromatic carbocycles. The number of rotatable bonds is 3. The molecule has 7 nitrogen and oxygen atoms in total. The van der Waals surface area contributed by atoms with Crippen LogP contribution in [0.25, 0.3) is 6.08 Å². The van der Waals surface area contributed by atoms with Gasteiger partial charge in [0, 0.05) is 17.7 Å². The summed E-state index contributed by atoms with van der Waals surface area (Å²) in [5.74, 6) is 0.150. The Morgan fingerprint density at radius 3 is 2.60 bits per heavy atom. The molecule has 3 heterocycles. The number of nitrogens with zero attached hydrogens (tertiary/aromatic N) is 1. The molecular weight excluding hydrogens is 466 g/mol. The Bertz CT molecular complexity index is 994. The topological polar surface area (TPSA) is 109 Å². The first-order chi connectivity index (χ1) is 16.4. The summed E-state index contributed by atoms with van der Waals surface area (Å²) < 4.78 is 11.5. The van der Waals surface area contributed by atoms with Crippen LogP contribution in [0, 0.1) is 17.3 Å². The number of hydrogen-bond acceptors (Lipinski definition) is 8. The summed E-state index contributed by atoms with van der Waals surface area (Å²) >= 11 is 1.59. The number of aliphatic hydroxyl groups is 2. The Balaban J connectivity index is 1.85. The fourth-order valence-corrected chi connectivity index (χ4v) is 5.29. The van der Waals surface area contributed by atoms with Crippen LogP contribution in [0.4, 0.5) is 0 Å². The first-order valence-electron chi connectivity index (χ1n) is 12.6. The number of ketones is 1. The second kappa shape index (κ2) is 11.4. The number of esters is 1. The third-order valence-electron chi connectivity index (χ3n) is 7.32. The maximum absolute atomic E-state index is 13.2. The second-order valence-corrected chi connectivity index (χ2v) is 11.4. The van der Waals surface area contributed by atoms with Gasteiger partial charge in [0.05, 0.1) is 41.2 Å². The van der Waals surface area contributed by atoms with Gasteiger partial charge in [0.25, 0.3) is 0 Å². The van der Waals surface area contributed by atoms with Gasteiger partial charge in [0.2, 0.25) is 0 Å². The number of thiazole rings is 1. The largest absolute Gasteiger partial charge is 0.459 e. The van der Waals surface area contributed by atoms with Crippen LogP contribution in [0.3, 0.4) is 0 Å². The number of ether oxygens (including phenoxy) is 2. The smallest absolute Gasteiger partial charge is 0.309 e. The van der Waals surface area contributed by atoms with Gasteiger partial charge in [-0.2, -0.15) is 0 Å². The normalized spacial score (nSPS) is 31.0. The summed E-state index contributed by atoms with van der Waals surface area (Å²) in [5.41, 5.74) is 0.458. The standard InChI is InChI=1S/C27H39NO6S/c1-7-23-28-18(14-35-23)11-16(3)20-12-21-19(33-21)10-8-9-15(2)25(31)17(4)26(32)27(5,6)22(29)13-24(30)34-20/h11,14-15,17,20,22,25,29,31H,7-10,12-13H2,1-6H3/t15-,17+,20?,22-,25-/m0/s1. The highest BCUT2D eigenvalue weighted by Crippen LogP contribution is 2.38. The zero-order chi connectivity index (χ0) is 25.9. The molecule has 2 aliphatic heterocycles. The van der Waals surface area contributed by atoms with E-state index in [2.05, 4.69) is 11.9 Å². The minimum Gasteiger partial charge on any atom is -0.459 e. The van der Waals surface area contributed by atoms with E-state index in [0.717, 1.165) is 53.5 Å². The Morgan fingerprint density at radius 2 is 1.94 bits per heavy atom. The summed E-state index contributed by atoms with van der Waals surface area (Å²) in [4.78, 5) is 30.6. The predicted molar refractivity (Wildman–Crippen MR) is 135 cm³/mol. The molecule has 1 unspecified atom stereocenters. The van der Waals surface area contributed by atoms with Gasteiger partial charge in [-0.25, -0.2) is 4.98 Å². The molecule has 194 valence electrons. The molecule has 35 heavy (non-hydrogen) atoms. The quantitative estimate of drug-likeness (QED) is 0.567. The highest BCUT2D eigenvalue weighted by molar-refractivity contribution is 7.09. The van der Waals surface area contributed by atoms with Crippen LogP contribution in [0.2, 0.25) is 0 Å². The number of Topliss-reactive ketones (excluding diaryl/α,β-unsaturated/α-hetero) is 1. The zero-order valence-electron chi connectivity index (χ0n) is 21.7. The zero-order valence-corrected chi connectivity index (χ0v) is 22.5. The van der Waals surface area contributed by atoms with E-state index < -0.39 is 35.6 Å². The molecule has 1 aromatic rings. The summed E-state index contributed by atoms with van der Waals surface area (Å²) in [6, 6.07) is 0. The summed E-state index contributed by atoms with van der Waals surface area (Å²) in [6.07, 6.45) is 2.59. The molecule has 1 aromatic heterocycles. The van der Waals surface area contributed by atoms with Crippen LogP contribution < -0.4 is 0 Å². The van der Waals surface area contributed by atoms with Gasteiger partial charge in [-0.15, -0.1) is 11.3 Å². The van der Waals surface area contributed by atoms with Crippen LogP contribution in [0.15, 0.2) is 22.5 Å². The van der Waals surface area contributed by atoms with Crippen molar-refractivity contribution in [2.24, 2.45) is 17.3 Å². The van der Waals surface area contributed by atoms with Crippen LogP contribution in [0.1, 0.15) is 84.3 Å². The van der Waals surface area contributed by atoms with E-state index in [1.165, 1.54) is 0 Å². The molecule has 0 saturated carbocycles. The molecule has 8 heteroatoms. The van der Waals surface area contributed by atoms with Crippen molar-refractivity contribution in [3.63, 3.8) is 0 Å². The highest BCUT2D eigenvalue weighted by atomic mass is 32.1. The fraction of sp³-hybridized carbons (Fsp3) is 0.667. The van der Waals surface area contributed by atoms with Crippen molar-refractivity contribution >= 4 is 29.2 Å². The van der Waals surface area contributed by atoms with Gasteiger partial charge in [0.15, 0.2) is 0 Å². The first kappa shape index (κ1) is 27.6. The van der Waals surface area contributed by atoms with Crippen LogP contribution >= 0.6 is 11.3 Å². The molecule has 0 spiro atoms. The number of allylic oxidation sites excluding steroid dienone is 1. The molecule has 0 radical (unpaired) electrons. The van der Waals surface area contributed by atoms with E-state index in [4.69, 9.17) is 9.47 Å². The van der Waals surface area contributed by atoms with E-state index in [9.17, 15) is 19.8 Å². The Morgan fingerprint density at radius 1 is 1.23 bits per heavy atom. The van der Waals surface area contributed by atoms with Gasteiger partial charge in [0.1, 0.15) is 23.4 Å². The summed E-state index contributed by atoms with van der Waals surface area (Å²) in [6.45, 7) is 10.8. The number of hydrogen-bond donors (Lipinski definition) is 2. The third-order valence-corrected chi connectivity index (χ3v) is 8.33. The minimum atomic E-state index is -1.23. The van der Waals surface area contributed by atoms with Crippen molar-refractivity contribution in [2.45, 2.75) is 98.4 Å². The van der Waals surface area contributed by atoms with Crippen molar-refractivity contribution in [1.82, 2.24) is 4.98 Å². The van der Waals surface area contributed by atoms with E-state index >= 15 is 0 Å². The number of carbonyl (C=O) groups excluding carboxylic acids is 2. The lowest BCUT2D eigenvalue weighted by Gasteiger charge is -2.34. The molecule has 0 aliphatic carbocycles. The first-order valence-corrected chi connectivity index (χ1v) is 13.4. The maximum atomic E-state index is 13.2. The van der Waals surface area contributed by atoms with Crippen LogP contribution in [-0.2, 0) is 25.5 Å². The van der Waals surface area contributed by atoms with Gasteiger partial charge < -0.3 is 19.7 Å². The van der Waals surface area contributed by atoms with Gasteiger partial charge in [-0.3, -0.25) is 9.59 Å². The molecule has 2 aliphatic rings. The van der Waals surface area contributed by atoms with Crippen molar-refractivity contribution in [2.75, 3.05) is 0 Å². The van der Waals surface area contributed by atoms with Crippen molar-refractivity contribution in [3.8, 4) is 0 Å². The Labute approximate surface area is 212 Å². The van der Waals surface area contributed by atoms with E-state index in [-0.39, 0.29) is 18.1 Å². The van der Waals surface area contributed by atoms with Crippen molar-refractivity contribution < 1.29 is 29.3 Å². The number of aliphatic hydroxyl groups excluding tert-OH is 2. The van der Waals surface area contributed by atoms with Crippen LogP contribution in [0.5, 0.6) is 0 Å². The van der Waals surface area contributed by atoms with Gasteiger partial charge in [-0.1, -0.05) is 34.6 Å². The minimum absolute atomic E-state index is 0.0772. The maximum Gasteiger partial charge on any atom is 0.309 e. The predicted octanol–water partition coefficient (Wildman–Crippen LogP) is 4.82. The molecular formula is C27H39NO6S. The molecule has 5 atom stereocenters. The summed E-state index contributed by atoms with van der Waals surface area (Å²) in [5, 5.41) is 24.6. The average molecular weight is 506 g/mol. The number of cyclic esters (lactones) is 1. The SMILES string of the molecule is CCc1nc(C=C(C)C2CC3=C(CCC[C@H](C)[C@H](O)[C@@H](C)C(=O)C(C)(C)[C@@H](O)CC(=O)O2)O3)cs1. The van der Waals surface area contributed by atoms with E-state index in [1.54, 1.807) is 32.1 Å². The highest BCUT2D eigenvalue weighted by Gasteiger charge is 2.42. The third kappa shape index (κ3) is 6.80. The van der Waals surface area contributed by atoms with E-state index in [0.29, 0.717) is 6.42 Å². The van der Waals surface area contributed by atoms with Gasteiger partial charge >= 0.3 is 5.97 Å². The number of aromatic nitrogens is 1. The second-order valence-electron chi connectivity index (χ2n) is 10.5. The van der Waals surface area contributed by atoms with Crippen molar-refractivity contribution in [1.29, 1.82) is 0 Å². The molecule has 0 saturated heterocycles. The monoisotopic (exact) mass is 505 g/mol. The molecule has 3 rings (SSSR count). The van der Waals surface area contributed by atoms with Crippen molar-refractivity contribution in [3.05, 3.63) is 33.2 Å². The van der Waals surface area contributed by atoms with E-state index in [1.807, 2.05) is 25.3 Å². The molecule has 0 amide bonds. The number of aryl methyl sites for hydroxylation is 1. The lowest BCUT2D eigenvalue weighted by molar-refractivity contribution is -0.154. The lowest BCUT2D eigenvalue weighted by Crippen LogP contribution is -2.45. The summed E-state index contributed by atoms with van der Waals surface area (Å²) in [7, 11) is 0. The van der Waals surface area contributed by atoms with Gasteiger partial charge in [-0.05, 0) is 43.8 Å². The lowest BCUT2D eigenvalue weighted by atomic mass is 9.73. The Kier molecular flexibility index (Phi) is 8.94. The Hall–Kier alpha value is -2.03. The van der Waals surface area contributed by atoms with Crippen LogP contribution in [-0.4, -0.2) is 45.3 Å². The fourth-order valence-electron chi connectivity index (χ4n) is 4.59. The molecule has 0 bridgehead atoms.